The van der Waals surface area contributed by atoms with Gasteiger partial charge in [0, 0.05) is 25.4 Å². The van der Waals surface area contributed by atoms with Crippen molar-refractivity contribution in [2.24, 2.45) is 0 Å². The van der Waals surface area contributed by atoms with E-state index in [-0.39, 0.29) is 37.6 Å². The molecule has 1 aromatic rings. The number of hydroxylamine groups is 1. The Morgan fingerprint density at radius 1 is 1.41 bits per heavy atom. The average Bonchev–Trinajstić information content (AvgIpc) is 3.27. The van der Waals surface area contributed by atoms with E-state index < -0.39 is 20.5 Å². The fourth-order valence-electron chi connectivity index (χ4n) is 3.61. The van der Waals surface area contributed by atoms with Gasteiger partial charge in [-0.1, -0.05) is 5.92 Å². The van der Waals surface area contributed by atoms with Crippen LogP contribution in [0.2, 0.25) is 0 Å². The zero-order valence-corrected chi connectivity index (χ0v) is 19.6. The monoisotopic (exact) mass is 479 g/mol. The fraction of sp³-hybridized carbons (Fsp3) is 0.524. The number of aliphatic hydroxyl groups excluding tert-OH is 1. The summed E-state index contributed by atoms with van der Waals surface area (Å²) < 4.78 is 22.3. The molecule has 9 nitrogen and oxygen atoms in total. The summed E-state index contributed by atoms with van der Waals surface area (Å²) in [6, 6.07) is 2.07. The molecular formula is C21H25N3O6S2. The van der Waals surface area contributed by atoms with E-state index in [1.807, 2.05) is 18.0 Å². The van der Waals surface area contributed by atoms with Gasteiger partial charge in [0.15, 0.2) is 14.6 Å². The zero-order chi connectivity index (χ0) is 23.7. The van der Waals surface area contributed by atoms with Gasteiger partial charge in [-0.05, 0) is 56.2 Å². The fourth-order valence-corrected chi connectivity index (χ4v) is 5.45. The number of hydrogen-bond acceptors (Lipinski definition) is 8. The summed E-state index contributed by atoms with van der Waals surface area (Å²) in [6.45, 7) is 1.69. The third-order valence-electron chi connectivity index (χ3n) is 6.17. The third-order valence-corrected chi connectivity index (χ3v) is 9.28. The molecule has 2 amide bonds. The lowest BCUT2D eigenvalue weighted by molar-refractivity contribution is -0.131. The average molecular weight is 480 g/mol. The van der Waals surface area contributed by atoms with Crippen molar-refractivity contribution in [1.29, 1.82) is 0 Å². The van der Waals surface area contributed by atoms with Gasteiger partial charge in [0.25, 0.3) is 11.8 Å². The van der Waals surface area contributed by atoms with Crippen molar-refractivity contribution in [3.8, 4) is 23.7 Å². The number of likely N-dealkylation sites (N-methyl/N-ethyl adjacent to an activating group) is 1. The number of carbonyl (C=O) groups excluding carboxylic acids is 2. The van der Waals surface area contributed by atoms with Crippen LogP contribution < -0.4 is 5.48 Å². The summed E-state index contributed by atoms with van der Waals surface area (Å²) in [5, 5.41) is 18.0. The van der Waals surface area contributed by atoms with Crippen LogP contribution in [-0.2, 0) is 21.2 Å². The molecule has 1 fully saturated rings. The van der Waals surface area contributed by atoms with E-state index >= 15 is 0 Å². The molecule has 1 aromatic heterocycles. The largest absolute Gasteiger partial charge is 0.395 e. The second-order valence-electron chi connectivity index (χ2n) is 8.16. The minimum atomic E-state index is -3.82. The molecule has 172 valence electrons. The zero-order valence-electron chi connectivity index (χ0n) is 18.0. The van der Waals surface area contributed by atoms with E-state index in [4.69, 9.17) is 10.3 Å². The van der Waals surface area contributed by atoms with Crippen LogP contribution in [0.4, 0.5) is 0 Å². The summed E-state index contributed by atoms with van der Waals surface area (Å²) >= 11 is 1.25. The topological polar surface area (TPSA) is 127 Å². The van der Waals surface area contributed by atoms with Crippen LogP contribution in [0, 0.1) is 23.7 Å². The van der Waals surface area contributed by atoms with Crippen molar-refractivity contribution < 1.29 is 28.3 Å². The smallest absolute Gasteiger partial charge is 0.264 e. The van der Waals surface area contributed by atoms with Gasteiger partial charge in [0.1, 0.15) is 0 Å². The first-order valence-electron chi connectivity index (χ1n) is 9.92. The molecular weight excluding hydrogens is 454 g/mol. The Morgan fingerprint density at radius 3 is 2.69 bits per heavy atom. The number of thiophene rings is 1. The highest BCUT2D eigenvalue weighted by Gasteiger charge is 2.44. The van der Waals surface area contributed by atoms with E-state index in [1.165, 1.54) is 28.6 Å². The lowest BCUT2D eigenvalue weighted by Gasteiger charge is -2.42. The van der Waals surface area contributed by atoms with E-state index in [0.29, 0.717) is 16.3 Å². The standard InChI is InChI=1S/C21H25N3O6S2/c1-21(20(27)22-28,32(3,29)30)8-9-24-12-14-10-17(31-18(14)19(24)26)7-5-4-6-15-11-16(13-25)23(15)2/h10,15-16,25,28H,8-9,11-13H2,1-3H3,(H,22,27)/t15-,16+,21+/m0/s1. The van der Waals surface area contributed by atoms with Crippen LogP contribution in [0.15, 0.2) is 6.07 Å². The molecule has 0 spiro atoms. The molecule has 0 unspecified atom stereocenters. The Kier molecular flexibility index (Phi) is 6.98. The lowest BCUT2D eigenvalue weighted by atomic mass is 9.95. The molecule has 0 aromatic carbocycles. The maximum atomic E-state index is 12.7. The molecule has 0 radical (unpaired) electrons. The normalized spacial score (nSPS) is 22.0. The number of hydrogen-bond donors (Lipinski definition) is 3. The van der Waals surface area contributed by atoms with Crippen LogP contribution in [0.3, 0.4) is 0 Å². The van der Waals surface area contributed by atoms with Gasteiger partial charge in [-0.2, -0.15) is 0 Å². The Labute approximate surface area is 191 Å². The molecule has 0 aliphatic carbocycles. The summed E-state index contributed by atoms with van der Waals surface area (Å²) in [4.78, 5) is 29.4. The predicted molar refractivity (Wildman–Crippen MR) is 119 cm³/mol. The minimum Gasteiger partial charge on any atom is -0.395 e. The number of aliphatic hydroxyl groups is 1. The quantitative estimate of drug-likeness (QED) is 0.294. The van der Waals surface area contributed by atoms with Gasteiger partial charge in [-0.15, -0.1) is 11.3 Å². The molecule has 2 aliphatic heterocycles. The van der Waals surface area contributed by atoms with Gasteiger partial charge < -0.3 is 10.0 Å². The Morgan fingerprint density at radius 2 is 2.12 bits per heavy atom. The first-order chi connectivity index (χ1) is 15.0. The molecule has 32 heavy (non-hydrogen) atoms. The Bertz CT molecular complexity index is 1150. The number of carbonyl (C=O) groups is 2. The molecule has 11 heteroatoms. The predicted octanol–water partition coefficient (Wildman–Crippen LogP) is -0.177. The second kappa shape index (κ2) is 9.22. The van der Waals surface area contributed by atoms with E-state index in [0.717, 1.165) is 18.2 Å². The van der Waals surface area contributed by atoms with Gasteiger partial charge >= 0.3 is 0 Å². The maximum absolute atomic E-state index is 12.7. The van der Waals surface area contributed by atoms with Gasteiger partial charge in [0.05, 0.1) is 22.4 Å². The Balaban J connectivity index is 1.62. The molecule has 3 heterocycles. The van der Waals surface area contributed by atoms with Crippen molar-refractivity contribution >= 4 is 33.0 Å². The van der Waals surface area contributed by atoms with Gasteiger partial charge in [-0.3, -0.25) is 19.7 Å². The molecule has 1 saturated heterocycles. The van der Waals surface area contributed by atoms with Crippen LogP contribution in [0.5, 0.6) is 0 Å². The van der Waals surface area contributed by atoms with Gasteiger partial charge in [0.2, 0.25) is 0 Å². The summed E-state index contributed by atoms with van der Waals surface area (Å²) in [6.07, 6.45) is 1.60. The van der Waals surface area contributed by atoms with Crippen LogP contribution >= 0.6 is 11.3 Å². The minimum absolute atomic E-state index is 0.0491. The van der Waals surface area contributed by atoms with Crippen molar-refractivity contribution in [3.05, 3.63) is 21.4 Å². The van der Waals surface area contributed by atoms with Crippen molar-refractivity contribution in [2.45, 2.75) is 43.1 Å². The lowest BCUT2D eigenvalue weighted by Crippen LogP contribution is -2.54. The number of likely N-dealkylation sites (tertiary alicyclic amines) is 1. The molecule has 2 aliphatic rings. The third kappa shape index (κ3) is 4.53. The van der Waals surface area contributed by atoms with Crippen molar-refractivity contribution in [1.82, 2.24) is 15.3 Å². The molecule has 0 saturated carbocycles. The van der Waals surface area contributed by atoms with Gasteiger partial charge in [-0.25, -0.2) is 13.9 Å². The number of nitrogens with zero attached hydrogens (tertiary/aromatic N) is 2. The molecule has 3 atom stereocenters. The van der Waals surface area contributed by atoms with Crippen molar-refractivity contribution in [3.63, 3.8) is 0 Å². The first-order valence-corrected chi connectivity index (χ1v) is 12.6. The van der Waals surface area contributed by atoms with E-state index in [9.17, 15) is 18.0 Å². The molecule has 0 bridgehead atoms. The summed E-state index contributed by atoms with van der Waals surface area (Å²) in [5.74, 6) is 10.4. The highest BCUT2D eigenvalue weighted by Crippen LogP contribution is 2.32. The highest BCUT2D eigenvalue weighted by molar-refractivity contribution is 7.92. The number of fused-ring (bicyclic) bond motifs is 1. The summed E-state index contributed by atoms with van der Waals surface area (Å²) in [7, 11) is -1.91. The number of nitrogens with one attached hydrogen (secondary N) is 1. The number of rotatable bonds is 6. The molecule has 3 N–H and O–H groups in total. The van der Waals surface area contributed by atoms with Crippen LogP contribution in [-0.4, -0.2) is 83.6 Å². The number of sulfone groups is 1. The van der Waals surface area contributed by atoms with Crippen LogP contribution in [0.1, 0.15) is 39.9 Å². The SMILES string of the molecule is CN1[C@@H](CO)C[C@@H]1C#CC#Cc1cc2c(s1)C(=O)N(CC[C@](C)(C(=O)NO)S(C)(=O)=O)C2. The van der Waals surface area contributed by atoms with Crippen molar-refractivity contribution in [2.75, 3.05) is 26.5 Å². The van der Waals surface area contributed by atoms with E-state index in [1.54, 1.807) is 0 Å². The van der Waals surface area contributed by atoms with Crippen LogP contribution in [0.25, 0.3) is 0 Å². The Hall–Kier alpha value is -2.41. The highest BCUT2D eigenvalue weighted by atomic mass is 32.2. The summed E-state index contributed by atoms with van der Waals surface area (Å²) in [5.41, 5.74) is 2.21. The molecule has 3 rings (SSSR count). The first kappa shape index (κ1) is 24.2. The second-order valence-corrected chi connectivity index (χ2v) is 11.7. The number of amides is 2. The van der Waals surface area contributed by atoms with E-state index in [2.05, 4.69) is 23.7 Å². The maximum Gasteiger partial charge on any atom is 0.264 e.